The smallest absolute Gasteiger partial charge is 0.105 e. The molecule has 1 N–H and O–H groups in total. The highest BCUT2D eigenvalue weighted by atomic mass is 79.9. The first-order valence-corrected chi connectivity index (χ1v) is 6.94. The molecule has 0 aromatic heterocycles. The second-order valence-electron chi connectivity index (χ2n) is 4.53. The molecule has 2 aromatic rings. The number of aryl methyl sites for hydroxylation is 2. The Morgan fingerprint density at radius 1 is 1.17 bits per heavy atom. The number of hydrogen-bond donors (Lipinski definition) is 1. The molecule has 94 valence electrons. The fourth-order valence-electron chi connectivity index (χ4n) is 2.02. The van der Waals surface area contributed by atoms with E-state index in [4.69, 9.17) is 0 Å². The summed E-state index contributed by atoms with van der Waals surface area (Å²) in [4.78, 5) is 0. The minimum Gasteiger partial charge on any atom is -0.384 e. The maximum Gasteiger partial charge on any atom is 0.105 e. The Balaban J connectivity index is 2.37. The van der Waals surface area contributed by atoms with Gasteiger partial charge >= 0.3 is 0 Å². The maximum absolute atomic E-state index is 10.5. The monoisotopic (exact) mass is 304 g/mol. The Morgan fingerprint density at radius 2 is 1.94 bits per heavy atom. The van der Waals surface area contributed by atoms with Crippen LogP contribution in [0.3, 0.4) is 0 Å². The summed E-state index contributed by atoms with van der Waals surface area (Å²) in [6.07, 6.45) is 0.404. The van der Waals surface area contributed by atoms with E-state index in [2.05, 4.69) is 35.0 Å². The van der Waals surface area contributed by atoms with Gasteiger partial charge in [0, 0.05) is 4.47 Å². The average Bonchev–Trinajstić information content (AvgIpc) is 2.38. The molecule has 0 radical (unpaired) electrons. The molecule has 0 aliphatic heterocycles. The van der Waals surface area contributed by atoms with Crippen LogP contribution in [-0.4, -0.2) is 5.11 Å². The highest BCUT2D eigenvalue weighted by Crippen LogP contribution is 2.29. The van der Waals surface area contributed by atoms with Crippen LogP contribution in [0.15, 0.2) is 46.9 Å². The Labute approximate surface area is 117 Å². The highest BCUT2D eigenvalue weighted by molar-refractivity contribution is 9.10. The van der Waals surface area contributed by atoms with Crippen molar-refractivity contribution in [3.63, 3.8) is 0 Å². The number of aliphatic hydroxyl groups excluding tert-OH is 1. The molecule has 0 amide bonds. The SMILES string of the molecule is CCc1cccc(C(O)c2ccc(C)cc2Br)c1. The summed E-state index contributed by atoms with van der Waals surface area (Å²) in [5.74, 6) is 0. The van der Waals surface area contributed by atoms with Gasteiger partial charge < -0.3 is 5.11 Å². The molecule has 0 spiro atoms. The molecule has 18 heavy (non-hydrogen) atoms. The standard InChI is InChI=1S/C16H17BrO/c1-3-12-5-4-6-13(10-12)16(18)14-8-7-11(2)9-15(14)17/h4-10,16,18H,3H2,1-2H3. The molecule has 0 heterocycles. The van der Waals surface area contributed by atoms with E-state index in [0.29, 0.717) is 0 Å². The second kappa shape index (κ2) is 5.68. The van der Waals surface area contributed by atoms with Gasteiger partial charge in [-0.05, 0) is 41.7 Å². The van der Waals surface area contributed by atoms with Crippen molar-refractivity contribution in [1.82, 2.24) is 0 Å². The quantitative estimate of drug-likeness (QED) is 0.891. The van der Waals surface area contributed by atoms with Crippen molar-refractivity contribution in [3.05, 3.63) is 69.2 Å². The summed E-state index contributed by atoms with van der Waals surface area (Å²) in [7, 11) is 0. The molecule has 0 aliphatic rings. The van der Waals surface area contributed by atoms with E-state index in [0.717, 1.165) is 22.0 Å². The molecule has 2 rings (SSSR count). The Bertz CT molecular complexity index is 549. The molecule has 0 bridgehead atoms. The zero-order chi connectivity index (χ0) is 13.1. The van der Waals surface area contributed by atoms with E-state index < -0.39 is 6.10 Å². The van der Waals surface area contributed by atoms with E-state index in [1.807, 2.05) is 37.3 Å². The number of hydrogen-bond acceptors (Lipinski definition) is 1. The molecule has 1 nitrogen and oxygen atoms in total. The van der Waals surface area contributed by atoms with Crippen LogP contribution in [-0.2, 0) is 6.42 Å². The van der Waals surface area contributed by atoms with E-state index in [1.54, 1.807) is 0 Å². The van der Waals surface area contributed by atoms with Gasteiger partial charge in [-0.2, -0.15) is 0 Å². The third kappa shape index (κ3) is 2.82. The fourth-order valence-corrected chi connectivity index (χ4v) is 2.73. The lowest BCUT2D eigenvalue weighted by atomic mass is 9.98. The summed E-state index contributed by atoms with van der Waals surface area (Å²) in [5.41, 5.74) is 4.28. The number of halogens is 1. The highest BCUT2D eigenvalue weighted by Gasteiger charge is 2.13. The maximum atomic E-state index is 10.5. The predicted molar refractivity (Wildman–Crippen MR) is 78.8 cm³/mol. The zero-order valence-electron chi connectivity index (χ0n) is 10.7. The molecule has 1 unspecified atom stereocenters. The first-order valence-electron chi connectivity index (χ1n) is 6.14. The molecule has 0 saturated carbocycles. The lowest BCUT2D eigenvalue weighted by Crippen LogP contribution is -2.01. The van der Waals surface area contributed by atoms with Crippen LogP contribution in [0.1, 0.15) is 35.3 Å². The van der Waals surface area contributed by atoms with Gasteiger partial charge in [-0.25, -0.2) is 0 Å². The van der Waals surface area contributed by atoms with Crippen LogP contribution in [0.2, 0.25) is 0 Å². The van der Waals surface area contributed by atoms with Gasteiger partial charge in [0.15, 0.2) is 0 Å². The first-order chi connectivity index (χ1) is 8.61. The summed E-state index contributed by atoms with van der Waals surface area (Å²) in [6, 6.07) is 14.1. The first kappa shape index (κ1) is 13.3. The topological polar surface area (TPSA) is 20.2 Å². The van der Waals surface area contributed by atoms with Crippen molar-refractivity contribution in [2.45, 2.75) is 26.4 Å². The molecule has 2 heteroatoms. The van der Waals surface area contributed by atoms with Crippen molar-refractivity contribution in [2.75, 3.05) is 0 Å². The average molecular weight is 305 g/mol. The lowest BCUT2D eigenvalue weighted by Gasteiger charge is -2.14. The fraction of sp³-hybridized carbons (Fsp3) is 0.250. The molecular formula is C16H17BrO. The van der Waals surface area contributed by atoms with Gasteiger partial charge in [-0.3, -0.25) is 0 Å². The van der Waals surface area contributed by atoms with Crippen LogP contribution >= 0.6 is 15.9 Å². The van der Waals surface area contributed by atoms with E-state index >= 15 is 0 Å². The van der Waals surface area contributed by atoms with Crippen molar-refractivity contribution < 1.29 is 5.11 Å². The van der Waals surface area contributed by atoms with Gasteiger partial charge in [0.05, 0.1) is 0 Å². The van der Waals surface area contributed by atoms with Crippen molar-refractivity contribution >= 4 is 15.9 Å². The van der Waals surface area contributed by atoms with Gasteiger partial charge in [0.25, 0.3) is 0 Å². The van der Waals surface area contributed by atoms with Crippen LogP contribution in [0.4, 0.5) is 0 Å². The molecule has 2 aromatic carbocycles. The number of rotatable bonds is 3. The normalized spacial score (nSPS) is 12.4. The number of benzene rings is 2. The van der Waals surface area contributed by atoms with Gasteiger partial charge in [0.1, 0.15) is 6.10 Å². The second-order valence-corrected chi connectivity index (χ2v) is 5.38. The van der Waals surface area contributed by atoms with E-state index in [9.17, 15) is 5.11 Å². The van der Waals surface area contributed by atoms with Gasteiger partial charge in [0.2, 0.25) is 0 Å². The van der Waals surface area contributed by atoms with Crippen LogP contribution < -0.4 is 0 Å². The zero-order valence-corrected chi connectivity index (χ0v) is 12.2. The third-order valence-electron chi connectivity index (χ3n) is 3.13. The van der Waals surface area contributed by atoms with E-state index in [1.165, 1.54) is 11.1 Å². The summed E-state index contributed by atoms with van der Waals surface area (Å²) in [5, 5.41) is 10.5. The molecule has 1 atom stereocenters. The molecule has 0 saturated heterocycles. The molecule has 0 aliphatic carbocycles. The minimum atomic E-state index is -0.577. The predicted octanol–water partition coefficient (Wildman–Crippen LogP) is 4.40. The minimum absolute atomic E-state index is 0.577. The van der Waals surface area contributed by atoms with Crippen LogP contribution in [0.5, 0.6) is 0 Å². The van der Waals surface area contributed by atoms with Crippen LogP contribution in [0.25, 0.3) is 0 Å². The van der Waals surface area contributed by atoms with Gasteiger partial charge in [-0.1, -0.05) is 59.3 Å². The Kier molecular flexibility index (Phi) is 4.20. The van der Waals surface area contributed by atoms with E-state index in [-0.39, 0.29) is 0 Å². The van der Waals surface area contributed by atoms with Crippen LogP contribution in [0, 0.1) is 6.92 Å². The lowest BCUT2D eigenvalue weighted by molar-refractivity contribution is 0.219. The Morgan fingerprint density at radius 3 is 2.61 bits per heavy atom. The molecular weight excluding hydrogens is 288 g/mol. The van der Waals surface area contributed by atoms with Crippen molar-refractivity contribution in [2.24, 2.45) is 0 Å². The van der Waals surface area contributed by atoms with Crippen molar-refractivity contribution in [1.29, 1.82) is 0 Å². The summed E-state index contributed by atoms with van der Waals surface area (Å²) < 4.78 is 0.955. The van der Waals surface area contributed by atoms with Gasteiger partial charge in [-0.15, -0.1) is 0 Å². The molecule has 0 fully saturated rings. The summed E-state index contributed by atoms with van der Waals surface area (Å²) >= 11 is 3.52. The Hall–Kier alpha value is -1.12. The third-order valence-corrected chi connectivity index (χ3v) is 3.81. The largest absolute Gasteiger partial charge is 0.384 e. The summed E-state index contributed by atoms with van der Waals surface area (Å²) in [6.45, 7) is 4.16. The number of aliphatic hydroxyl groups is 1. The van der Waals surface area contributed by atoms with Crippen molar-refractivity contribution in [3.8, 4) is 0 Å².